The highest BCUT2D eigenvalue weighted by Crippen LogP contribution is 2.28. The molecule has 30 heavy (non-hydrogen) atoms. The van der Waals surface area contributed by atoms with Gasteiger partial charge in [-0.15, -0.1) is 0 Å². The van der Waals surface area contributed by atoms with Gasteiger partial charge < -0.3 is 19.1 Å². The molecule has 1 heterocycles. The molecule has 0 unspecified atom stereocenters. The maximum absolute atomic E-state index is 12.8. The summed E-state index contributed by atoms with van der Waals surface area (Å²) in [5.41, 5.74) is 3.20. The smallest absolute Gasteiger partial charge is 0.341 e. The zero-order chi connectivity index (χ0) is 21.5. The number of aromatic nitrogens is 1. The highest BCUT2D eigenvalue weighted by molar-refractivity contribution is 6.08. The van der Waals surface area contributed by atoms with Crippen molar-refractivity contribution in [1.82, 2.24) is 4.57 Å². The maximum Gasteiger partial charge on any atom is 0.341 e. The lowest BCUT2D eigenvalue weighted by Gasteiger charge is -2.10. The minimum absolute atomic E-state index is 0.0257. The van der Waals surface area contributed by atoms with E-state index in [1.807, 2.05) is 66.2 Å². The number of nitrogens with zero attached hydrogens (tertiary/aromatic N) is 1. The largest absolute Gasteiger partial charge is 0.493 e. The number of benzene rings is 2. The van der Waals surface area contributed by atoms with E-state index < -0.39 is 12.6 Å². The van der Waals surface area contributed by atoms with Gasteiger partial charge in [0.1, 0.15) is 0 Å². The third-order valence-electron chi connectivity index (χ3n) is 4.53. The Morgan fingerprint density at radius 3 is 2.53 bits per heavy atom. The Morgan fingerprint density at radius 2 is 1.83 bits per heavy atom. The van der Waals surface area contributed by atoms with Crippen molar-refractivity contribution in [3.8, 4) is 11.5 Å². The molecule has 0 spiro atoms. The predicted molar refractivity (Wildman–Crippen MR) is 114 cm³/mol. The highest BCUT2D eigenvalue weighted by Gasteiger charge is 2.12. The molecule has 0 saturated heterocycles. The molecular formula is C24H23NO5. The van der Waals surface area contributed by atoms with Gasteiger partial charge in [0.2, 0.25) is 5.78 Å². The lowest BCUT2D eigenvalue weighted by atomic mass is 10.1. The van der Waals surface area contributed by atoms with Crippen molar-refractivity contribution in [2.24, 2.45) is 0 Å². The van der Waals surface area contributed by atoms with Crippen molar-refractivity contribution in [2.75, 3.05) is 13.7 Å². The zero-order valence-electron chi connectivity index (χ0n) is 16.9. The van der Waals surface area contributed by atoms with Crippen molar-refractivity contribution >= 4 is 17.8 Å². The van der Waals surface area contributed by atoms with Crippen LogP contribution in [0.1, 0.15) is 27.2 Å². The summed E-state index contributed by atoms with van der Waals surface area (Å²) >= 11 is 0. The fourth-order valence-corrected chi connectivity index (χ4v) is 2.98. The average molecular weight is 405 g/mol. The summed E-state index contributed by atoms with van der Waals surface area (Å²) in [4.78, 5) is 23.5. The SMILES string of the molecule is COc1ccc(/C=C/Cn2cccc2C(=O)c2ccc(C)cc2)cc1OCC(=O)O. The number of allylic oxidation sites excluding steroid dienone is 1. The minimum atomic E-state index is -1.06. The average Bonchev–Trinajstić information content (AvgIpc) is 3.21. The van der Waals surface area contributed by atoms with Crippen LogP contribution in [0.25, 0.3) is 6.08 Å². The molecule has 3 aromatic rings. The summed E-state index contributed by atoms with van der Waals surface area (Å²) in [5.74, 6) is -0.262. The van der Waals surface area contributed by atoms with Gasteiger partial charge >= 0.3 is 5.97 Å². The van der Waals surface area contributed by atoms with E-state index in [4.69, 9.17) is 14.6 Å². The van der Waals surface area contributed by atoms with E-state index in [-0.39, 0.29) is 5.78 Å². The predicted octanol–water partition coefficient (Wildman–Crippen LogP) is 4.21. The number of rotatable bonds is 9. The summed E-state index contributed by atoms with van der Waals surface area (Å²) in [5, 5.41) is 8.81. The molecule has 0 saturated carbocycles. The van der Waals surface area contributed by atoms with E-state index in [9.17, 15) is 9.59 Å². The van der Waals surface area contributed by atoms with Gasteiger partial charge in [0.15, 0.2) is 18.1 Å². The first-order chi connectivity index (χ1) is 14.5. The van der Waals surface area contributed by atoms with Gasteiger partial charge in [-0.3, -0.25) is 4.79 Å². The number of aliphatic carboxylic acids is 1. The second kappa shape index (κ2) is 9.60. The molecule has 0 aliphatic carbocycles. The summed E-state index contributed by atoms with van der Waals surface area (Å²) in [6.07, 6.45) is 5.67. The number of carbonyl (C=O) groups excluding carboxylic acids is 1. The molecule has 0 fully saturated rings. The van der Waals surface area contributed by atoms with Gasteiger partial charge in [-0.05, 0) is 36.8 Å². The Hall–Kier alpha value is -3.80. The standard InChI is InChI=1S/C24H23NO5/c1-17-7-10-19(11-8-17)24(28)20-6-4-14-25(20)13-3-5-18-9-12-21(29-2)22(15-18)30-16-23(26)27/h3-12,14-15H,13,16H2,1-2H3,(H,26,27)/b5-3+. The van der Waals surface area contributed by atoms with E-state index in [0.29, 0.717) is 29.3 Å². The molecule has 2 aromatic carbocycles. The molecule has 0 bridgehead atoms. The van der Waals surface area contributed by atoms with Crippen molar-refractivity contribution < 1.29 is 24.2 Å². The molecule has 0 atom stereocenters. The number of carboxylic acids is 1. The number of hydrogen-bond acceptors (Lipinski definition) is 4. The van der Waals surface area contributed by atoms with Gasteiger partial charge in [0, 0.05) is 18.3 Å². The molecular weight excluding hydrogens is 382 g/mol. The number of carboxylic acid groups (broad SMARTS) is 1. The normalized spacial score (nSPS) is 10.9. The zero-order valence-corrected chi connectivity index (χ0v) is 16.9. The van der Waals surface area contributed by atoms with Gasteiger partial charge in [-0.25, -0.2) is 4.79 Å². The van der Waals surface area contributed by atoms with Gasteiger partial charge in [-0.1, -0.05) is 48.0 Å². The van der Waals surface area contributed by atoms with Crippen molar-refractivity contribution in [1.29, 1.82) is 0 Å². The summed E-state index contributed by atoms with van der Waals surface area (Å²) in [7, 11) is 1.50. The Labute approximate surface area is 175 Å². The first-order valence-electron chi connectivity index (χ1n) is 9.43. The van der Waals surface area contributed by atoms with Crippen molar-refractivity contribution in [3.05, 3.63) is 89.3 Å². The molecule has 0 aliphatic rings. The summed E-state index contributed by atoms with van der Waals surface area (Å²) in [6, 6.07) is 16.5. The fraction of sp³-hybridized carbons (Fsp3) is 0.167. The van der Waals surface area contributed by atoms with Crippen LogP contribution in [0.4, 0.5) is 0 Å². The number of methoxy groups -OCH3 is 1. The van der Waals surface area contributed by atoms with Crippen molar-refractivity contribution in [3.63, 3.8) is 0 Å². The van der Waals surface area contributed by atoms with Gasteiger partial charge in [-0.2, -0.15) is 0 Å². The Balaban J connectivity index is 1.72. The van der Waals surface area contributed by atoms with Crippen LogP contribution in [-0.4, -0.2) is 35.1 Å². The third-order valence-corrected chi connectivity index (χ3v) is 4.53. The first-order valence-corrected chi connectivity index (χ1v) is 9.43. The lowest BCUT2D eigenvalue weighted by Crippen LogP contribution is -2.10. The quantitative estimate of drug-likeness (QED) is 0.540. The molecule has 0 aliphatic heterocycles. The Bertz CT molecular complexity index is 1060. The van der Waals surface area contributed by atoms with Crippen LogP contribution < -0.4 is 9.47 Å². The summed E-state index contributed by atoms with van der Waals surface area (Å²) < 4.78 is 12.4. The fourth-order valence-electron chi connectivity index (χ4n) is 2.98. The highest BCUT2D eigenvalue weighted by atomic mass is 16.5. The van der Waals surface area contributed by atoms with Crippen LogP contribution in [-0.2, 0) is 11.3 Å². The molecule has 0 amide bonds. The van der Waals surface area contributed by atoms with Crippen LogP contribution in [0.5, 0.6) is 11.5 Å². The maximum atomic E-state index is 12.8. The third kappa shape index (κ3) is 5.17. The van der Waals surface area contributed by atoms with E-state index in [1.165, 1.54) is 7.11 Å². The monoisotopic (exact) mass is 405 g/mol. The molecule has 3 rings (SSSR count). The number of aryl methyl sites for hydroxylation is 1. The number of ketones is 1. The Kier molecular flexibility index (Phi) is 6.70. The Morgan fingerprint density at radius 1 is 1.07 bits per heavy atom. The van der Waals surface area contributed by atoms with E-state index >= 15 is 0 Å². The molecule has 1 aromatic heterocycles. The second-order valence-electron chi connectivity index (χ2n) is 6.74. The van der Waals surface area contributed by atoms with Crippen LogP contribution in [0.15, 0.2) is 66.9 Å². The molecule has 0 radical (unpaired) electrons. The topological polar surface area (TPSA) is 77.8 Å². The number of ether oxygens (including phenoxy) is 2. The van der Waals surface area contributed by atoms with Gasteiger partial charge in [0.25, 0.3) is 0 Å². The van der Waals surface area contributed by atoms with E-state index in [2.05, 4.69) is 0 Å². The summed E-state index contributed by atoms with van der Waals surface area (Å²) in [6.45, 7) is 2.05. The van der Waals surface area contributed by atoms with E-state index in [1.54, 1.807) is 18.2 Å². The number of carbonyl (C=O) groups is 2. The van der Waals surface area contributed by atoms with Crippen LogP contribution >= 0.6 is 0 Å². The van der Waals surface area contributed by atoms with Crippen LogP contribution in [0.2, 0.25) is 0 Å². The molecule has 154 valence electrons. The second-order valence-corrected chi connectivity index (χ2v) is 6.74. The lowest BCUT2D eigenvalue weighted by molar-refractivity contribution is -0.139. The molecule has 1 N–H and O–H groups in total. The van der Waals surface area contributed by atoms with Crippen LogP contribution in [0.3, 0.4) is 0 Å². The number of hydrogen-bond donors (Lipinski definition) is 1. The molecule has 6 nitrogen and oxygen atoms in total. The van der Waals surface area contributed by atoms with Gasteiger partial charge in [0.05, 0.1) is 12.8 Å². The van der Waals surface area contributed by atoms with Crippen molar-refractivity contribution in [2.45, 2.75) is 13.5 Å². The van der Waals surface area contributed by atoms with Crippen LogP contribution in [0, 0.1) is 6.92 Å². The van der Waals surface area contributed by atoms with E-state index in [0.717, 1.165) is 11.1 Å². The first kappa shape index (κ1) is 20.9. The minimum Gasteiger partial charge on any atom is -0.493 e. The molecule has 6 heteroatoms.